The highest BCUT2D eigenvalue weighted by atomic mass is 16.6. The van der Waals surface area contributed by atoms with E-state index in [1.807, 2.05) is 0 Å². The Labute approximate surface area is 402 Å². The molecular weight excluding hydrogens is 839 g/mol. The van der Waals surface area contributed by atoms with E-state index in [4.69, 9.17) is 23.7 Å². The van der Waals surface area contributed by atoms with Crippen molar-refractivity contribution in [3.63, 3.8) is 0 Å². The second kappa shape index (κ2) is 44.8. The fraction of sp³-hybridized carbons (Fsp3) is 0.907. The third-order valence-corrected chi connectivity index (χ3v) is 12.9. The van der Waals surface area contributed by atoms with E-state index in [1.54, 1.807) is 0 Å². The van der Waals surface area contributed by atoms with Gasteiger partial charge in [-0.1, -0.05) is 156 Å². The van der Waals surface area contributed by atoms with Gasteiger partial charge < -0.3 is 28.8 Å². The zero-order valence-corrected chi connectivity index (χ0v) is 42.6. The summed E-state index contributed by atoms with van der Waals surface area (Å²) < 4.78 is 28.1. The summed E-state index contributed by atoms with van der Waals surface area (Å²) in [5.74, 6) is -2.36. The van der Waals surface area contributed by atoms with E-state index in [2.05, 4.69) is 25.7 Å². The average Bonchev–Trinajstić information content (AvgIpc) is 3.29. The number of hydrogen-bond acceptors (Lipinski definition) is 12. The SMILES string of the molecule is CCCCCCCCCCCCCCCC(=O)OCC(COC(=O)CCCCN(CCO)C1CCC1)COC(=O)CCCC(COC(=O)CCCCCCC)COC(=O)CCCCCCC. The van der Waals surface area contributed by atoms with Crippen LogP contribution < -0.4 is 0 Å². The number of rotatable bonds is 48. The van der Waals surface area contributed by atoms with Crippen LogP contribution >= 0.6 is 0 Å². The molecule has 1 aliphatic carbocycles. The quantitative estimate of drug-likeness (QED) is 0.0351. The number of aliphatic hydroxyl groups is 1. The summed E-state index contributed by atoms with van der Waals surface area (Å²) in [6, 6.07) is 0.528. The van der Waals surface area contributed by atoms with Gasteiger partial charge in [-0.3, -0.25) is 28.9 Å². The van der Waals surface area contributed by atoms with Crippen LogP contribution in [0.3, 0.4) is 0 Å². The molecule has 1 fully saturated rings. The van der Waals surface area contributed by atoms with E-state index in [1.165, 1.54) is 70.6 Å². The van der Waals surface area contributed by atoms with Crippen molar-refractivity contribution in [1.82, 2.24) is 4.90 Å². The van der Waals surface area contributed by atoms with Gasteiger partial charge in [-0.25, -0.2) is 0 Å². The maximum atomic E-state index is 13.0. The number of nitrogens with zero attached hydrogens (tertiary/aromatic N) is 1. The Bertz CT molecular complexity index is 1160. The Morgan fingerprint density at radius 3 is 1.03 bits per heavy atom. The largest absolute Gasteiger partial charge is 0.465 e. The Kier molecular flexibility index (Phi) is 41.6. The molecule has 1 N–H and O–H groups in total. The number of carbonyl (C=O) groups is 5. The van der Waals surface area contributed by atoms with Crippen molar-refractivity contribution in [2.75, 3.05) is 52.7 Å². The van der Waals surface area contributed by atoms with Crippen molar-refractivity contribution in [2.24, 2.45) is 11.8 Å². The van der Waals surface area contributed by atoms with E-state index < -0.39 is 11.9 Å². The van der Waals surface area contributed by atoms with Crippen LogP contribution in [0.4, 0.5) is 0 Å². The van der Waals surface area contributed by atoms with Gasteiger partial charge in [0.1, 0.15) is 19.8 Å². The fourth-order valence-corrected chi connectivity index (χ4v) is 8.28. The zero-order chi connectivity index (χ0) is 48.1. The van der Waals surface area contributed by atoms with Crippen LogP contribution in [0.5, 0.6) is 0 Å². The highest BCUT2D eigenvalue weighted by Gasteiger charge is 2.24. The van der Waals surface area contributed by atoms with Gasteiger partial charge in [0.25, 0.3) is 0 Å². The first-order chi connectivity index (χ1) is 32.2. The van der Waals surface area contributed by atoms with Crippen molar-refractivity contribution in [1.29, 1.82) is 0 Å². The van der Waals surface area contributed by atoms with Crippen LogP contribution in [0.1, 0.15) is 245 Å². The van der Waals surface area contributed by atoms with E-state index in [9.17, 15) is 29.1 Å². The Balaban J connectivity index is 2.62. The van der Waals surface area contributed by atoms with Crippen LogP contribution in [-0.2, 0) is 47.7 Å². The summed E-state index contributed by atoms with van der Waals surface area (Å²) in [5.41, 5.74) is 0. The molecule has 1 unspecified atom stereocenters. The lowest BCUT2D eigenvalue weighted by molar-refractivity contribution is -0.155. The molecule has 0 aliphatic heterocycles. The molecule has 0 radical (unpaired) electrons. The second-order valence-electron chi connectivity index (χ2n) is 19.2. The van der Waals surface area contributed by atoms with Crippen molar-refractivity contribution in [2.45, 2.75) is 252 Å². The van der Waals surface area contributed by atoms with Gasteiger partial charge in [-0.15, -0.1) is 0 Å². The van der Waals surface area contributed by atoms with Crippen LogP contribution in [0.25, 0.3) is 0 Å². The van der Waals surface area contributed by atoms with E-state index in [0.29, 0.717) is 51.1 Å². The predicted molar refractivity (Wildman–Crippen MR) is 263 cm³/mol. The Morgan fingerprint density at radius 1 is 0.409 bits per heavy atom. The number of esters is 5. The fourth-order valence-electron chi connectivity index (χ4n) is 8.28. The maximum absolute atomic E-state index is 13.0. The molecule has 12 nitrogen and oxygen atoms in total. The standard InChI is InChI=1S/C54H99NO11/c1-4-7-10-13-14-15-16-17-18-19-20-23-26-36-52(59)64-44-48(45-65-53(60)37-27-28-39-55(40-41-56)49-32-30-33-49)46-66-54(61)38-29-31-47(42-62-50(57)34-24-21-11-8-5-2)43-63-51(58)35-25-22-12-9-6-3/h47-49,56H,4-46H2,1-3H3. The van der Waals surface area contributed by atoms with E-state index in [0.717, 1.165) is 109 Å². The minimum atomic E-state index is -0.511. The number of aliphatic hydroxyl groups excluding tert-OH is 1. The van der Waals surface area contributed by atoms with E-state index >= 15 is 0 Å². The van der Waals surface area contributed by atoms with Gasteiger partial charge in [0.05, 0.1) is 25.7 Å². The van der Waals surface area contributed by atoms with Crippen LogP contribution in [-0.4, -0.2) is 98.6 Å². The zero-order valence-electron chi connectivity index (χ0n) is 42.6. The van der Waals surface area contributed by atoms with Gasteiger partial charge in [-0.2, -0.15) is 0 Å². The molecule has 0 amide bonds. The molecule has 1 atom stereocenters. The second-order valence-corrected chi connectivity index (χ2v) is 19.2. The van der Waals surface area contributed by atoms with Crippen LogP contribution in [0.15, 0.2) is 0 Å². The third-order valence-electron chi connectivity index (χ3n) is 12.9. The molecule has 0 saturated heterocycles. The monoisotopic (exact) mass is 938 g/mol. The molecule has 0 aromatic rings. The Morgan fingerprint density at radius 2 is 0.712 bits per heavy atom. The summed E-state index contributed by atoms with van der Waals surface area (Å²) in [6.45, 7) is 8.28. The number of ether oxygens (including phenoxy) is 5. The molecule has 1 aliphatic rings. The highest BCUT2D eigenvalue weighted by molar-refractivity contribution is 5.71. The first-order valence-corrected chi connectivity index (χ1v) is 27.3. The molecule has 0 aromatic heterocycles. The Hall–Kier alpha value is -2.73. The van der Waals surface area contributed by atoms with Crippen molar-refractivity contribution in [3.8, 4) is 0 Å². The van der Waals surface area contributed by atoms with Gasteiger partial charge in [0.2, 0.25) is 0 Å². The molecule has 386 valence electrons. The molecule has 0 aromatic carbocycles. The average molecular weight is 938 g/mol. The van der Waals surface area contributed by atoms with Gasteiger partial charge in [0, 0.05) is 50.6 Å². The molecule has 1 rings (SSSR count). The van der Waals surface area contributed by atoms with Gasteiger partial charge >= 0.3 is 29.8 Å². The molecular formula is C54H99NO11. The van der Waals surface area contributed by atoms with E-state index in [-0.39, 0.29) is 82.3 Å². The first-order valence-electron chi connectivity index (χ1n) is 27.3. The molecule has 66 heavy (non-hydrogen) atoms. The number of carbonyl (C=O) groups excluding carboxylic acids is 5. The van der Waals surface area contributed by atoms with Crippen molar-refractivity contribution >= 4 is 29.8 Å². The van der Waals surface area contributed by atoms with Gasteiger partial charge in [0.15, 0.2) is 0 Å². The minimum Gasteiger partial charge on any atom is -0.465 e. The predicted octanol–water partition coefficient (Wildman–Crippen LogP) is 12.3. The first kappa shape index (κ1) is 61.3. The van der Waals surface area contributed by atoms with Crippen LogP contribution in [0.2, 0.25) is 0 Å². The third kappa shape index (κ3) is 37.3. The smallest absolute Gasteiger partial charge is 0.305 e. The summed E-state index contributed by atoms with van der Waals surface area (Å²) in [4.78, 5) is 65.8. The summed E-state index contributed by atoms with van der Waals surface area (Å²) in [7, 11) is 0. The lowest BCUT2D eigenvalue weighted by Crippen LogP contribution is -2.42. The van der Waals surface area contributed by atoms with Crippen molar-refractivity contribution in [3.05, 3.63) is 0 Å². The summed E-state index contributed by atoms with van der Waals surface area (Å²) in [5, 5.41) is 9.46. The molecule has 0 bridgehead atoms. The maximum Gasteiger partial charge on any atom is 0.305 e. The number of hydrogen-bond donors (Lipinski definition) is 1. The normalized spacial score (nSPS) is 13.1. The highest BCUT2D eigenvalue weighted by Crippen LogP contribution is 2.25. The number of unbranched alkanes of at least 4 members (excludes halogenated alkanes) is 21. The topological polar surface area (TPSA) is 155 Å². The van der Waals surface area contributed by atoms with Crippen molar-refractivity contribution < 1.29 is 52.8 Å². The lowest BCUT2D eigenvalue weighted by Gasteiger charge is -2.37. The lowest BCUT2D eigenvalue weighted by atomic mass is 9.91. The molecule has 0 heterocycles. The van der Waals surface area contributed by atoms with Gasteiger partial charge in [-0.05, 0) is 64.3 Å². The molecule has 1 saturated carbocycles. The molecule has 12 heteroatoms. The van der Waals surface area contributed by atoms with Crippen LogP contribution in [0, 0.1) is 11.8 Å². The molecule has 0 spiro atoms. The minimum absolute atomic E-state index is 0.0225. The summed E-state index contributed by atoms with van der Waals surface area (Å²) in [6.07, 6.45) is 33.6. The summed E-state index contributed by atoms with van der Waals surface area (Å²) >= 11 is 0.